The number of alkyl halides is 1. The quantitative estimate of drug-likeness (QED) is 0.286. The molecule has 0 amide bonds. The lowest BCUT2D eigenvalue weighted by atomic mass is 10.1. The molecule has 0 aromatic heterocycles. The van der Waals surface area contributed by atoms with E-state index in [0.717, 1.165) is 4.47 Å². The number of ketones is 1. The van der Waals surface area contributed by atoms with Gasteiger partial charge in [0.2, 0.25) is 5.78 Å². The van der Waals surface area contributed by atoms with Gasteiger partial charge in [-0.2, -0.15) is 0 Å². The number of halogens is 2. The zero-order chi connectivity index (χ0) is 19.7. The van der Waals surface area contributed by atoms with E-state index < -0.39 is 11.3 Å². The maximum absolute atomic E-state index is 12.7. The van der Waals surface area contributed by atoms with Crippen LogP contribution < -0.4 is 14.2 Å². The largest absolute Gasteiger partial charge is 0.496 e. The second-order valence-corrected chi connectivity index (χ2v) is 7.50. The van der Waals surface area contributed by atoms with Crippen molar-refractivity contribution in [2.75, 3.05) is 7.11 Å². The molecule has 3 rings (SSSR count). The van der Waals surface area contributed by atoms with Crippen LogP contribution in [-0.2, 0) is 4.79 Å². The lowest BCUT2D eigenvalue weighted by molar-refractivity contribution is -0.133. The average Bonchev–Trinajstić information content (AvgIpc) is 2.94. The van der Waals surface area contributed by atoms with Gasteiger partial charge >= 0.3 is 5.97 Å². The van der Waals surface area contributed by atoms with Crippen LogP contribution in [0.5, 0.6) is 17.2 Å². The third-order valence-corrected chi connectivity index (χ3v) is 4.72. The molecule has 7 heteroatoms. The van der Waals surface area contributed by atoms with Crippen LogP contribution in [0.3, 0.4) is 0 Å². The SMILES string of the molecule is COc1ccc(Br)cc1/C=C1\Oc2c(ccc(OC(=O)C(C)Cl)c2C)C1=O. The summed E-state index contributed by atoms with van der Waals surface area (Å²) >= 11 is 9.15. The highest BCUT2D eigenvalue weighted by molar-refractivity contribution is 9.10. The van der Waals surface area contributed by atoms with E-state index in [-0.39, 0.29) is 11.5 Å². The van der Waals surface area contributed by atoms with Crippen LogP contribution in [0.2, 0.25) is 0 Å². The number of Topliss-reactive ketones (excluding diaryl/α,β-unsaturated/α-hetero) is 1. The van der Waals surface area contributed by atoms with Crippen molar-refractivity contribution in [2.24, 2.45) is 0 Å². The molecule has 0 saturated heterocycles. The number of methoxy groups -OCH3 is 1. The Morgan fingerprint density at radius 1 is 1.26 bits per heavy atom. The molecule has 5 nitrogen and oxygen atoms in total. The Balaban J connectivity index is 1.97. The number of carbonyl (C=O) groups excluding carboxylic acids is 2. The highest BCUT2D eigenvalue weighted by Crippen LogP contribution is 2.40. The molecule has 27 heavy (non-hydrogen) atoms. The van der Waals surface area contributed by atoms with Gasteiger partial charge in [0.15, 0.2) is 5.76 Å². The van der Waals surface area contributed by atoms with E-state index >= 15 is 0 Å². The van der Waals surface area contributed by atoms with Gasteiger partial charge in [0.05, 0.1) is 12.7 Å². The van der Waals surface area contributed by atoms with Gasteiger partial charge in [-0.15, -0.1) is 11.6 Å². The summed E-state index contributed by atoms with van der Waals surface area (Å²) in [6.07, 6.45) is 1.62. The molecule has 0 aliphatic carbocycles. The van der Waals surface area contributed by atoms with Crippen molar-refractivity contribution in [1.29, 1.82) is 0 Å². The van der Waals surface area contributed by atoms with Crippen molar-refractivity contribution in [3.63, 3.8) is 0 Å². The Kier molecular flexibility index (Phi) is 5.58. The summed E-state index contributed by atoms with van der Waals surface area (Å²) in [5.74, 6) is 0.629. The Hall–Kier alpha value is -2.31. The topological polar surface area (TPSA) is 61.8 Å². The van der Waals surface area contributed by atoms with Crippen LogP contribution in [0.15, 0.2) is 40.6 Å². The van der Waals surface area contributed by atoms with Crippen LogP contribution >= 0.6 is 27.5 Å². The normalized spacial score (nSPS) is 15.3. The molecule has 0 spiro atoms. The Labute approximate surface area is 170 Å². The fraction of sp³-hybridized carbons (Fsp3) is 0.200. The Morgan fingerprint density at radius 3 is 2.63 bits per heavy atom. The van der Waals surface area contributed by atoms with E-state index in [1.165, 1.54) is 6.92 Å². The molecular formula is C20H16BrClO5. The van der Waals surface area contributed by atoms with Crippen LogP contribution in [0, 0.1) is 6.92 Å². The van der Waals surface area contributed by atoms with Gasteiger partial charge in [-0.25, -0.2) is 0 Å². The molecule has 1 unspecified atom stereocenters. The summed E-state index contributed by atoms with van der Waals surface area (Å²) in [6.45, 7) is 3.25. The summed E-state index contributed by atoms with van der Waals surface area (Å²) in [4.78, 5) is 24.5. The molecule has 0 bridgehead atoms. The molecule has 1 aliphatic heterocycles. The zero-order valence-electron chi connectivity index (χ0n) is 14.8. The van der Waals surface area contributed by atoms with Crippen LogP contribution in [0.4, 0.5) is 0 Å². The number of allylic oxidation sites excluding steroid dienone is 1. The number of rotatable bonds is 4. The predicted molar refractivity (Wildman–Crippen MR) is 106 cm³/mol. The third kappa shape index (κ3) is 3.87. The highest BCUT2D eigenvalue weighted by Gasteiger charge is 2.31. The standard InChI is InChI=1S/C20H16BrClO5/c1-10-15(27-20(24)11(2)22)7-5-14-18(23)17(26-19(10)14)9-12-8-13(21)4-6-16(12)25-3/h4-9,11H,1-3H3/b17-9-. The molecule has 140 valence electrons. The van der Waals surface area contributed by atoms with Gasteiger partial charge in [0.25, 0.3) is 0 Å². The fourth-order valence-corrected chi connectivity index (χ4v) is 3.05. The van der Waals surface area contributed by atoms with Crippen LogP contribution in [-0.4, -0.2) is 24.2 Å². The summed E-state index contributed by atoms with van der Waals surface area (Å²) in [5.41, 5.74) is 1.66. The molecule has 1 aliphatic rings. The first kappa shape index (κ1) is 19.5. The van der Waals surface area contributed by atoms with Gasteiger partial charge in [-0.05, 0) is 50.3 Å². The van der Waals surface area contributed by atoms with Gasteiger partial charge in [-0.3, -0.25) is 9.59 Å². The molecule has 1 atom stereocenters. The molecule has 0 fully saturated rings. The second kappa shape index (κ2) is 7.74. The first-order chi connectivity index (χ1) is 12.8. The lowest BCUT2D eigenvalue weighted by Crippen LogP contribution is -2.18. The second-order valence-electron chi connectivity index (χ2n) is 5.93. The van der Waals surface area contributed by atoms with Crippen LogP contribution in [0.25, 0.3) is 6.08 Å². The van der Waals surface area contributed by atoms with Crippen molar-refractivity contribution >= 4 is 45.4 Å². The van der Waals surface area contributed by atoms with E-state index in [0.29, 0.717) is 33.9 Å². The van der Waals surface area contributed by atoms with E-state index in [4.69, 9.17) is 25.8 Å². The highest BCUT2D eigenvalue weighted by atomic mass is 79.9. The molecule has 1 heterocycles. The van der Waals surface area contributed by atoms with E-state index in [9.17, 15) is 9.59 Å². The van der Waals surface area contributed by atoms with Crippen LogP contribution in [0.1, 0.15) is 28.4 Å². The fourth-order valence-electron chi connectivity index (χ4n) is 2.63. The zero-order valence-corrected chi connectivity index (χ0v) is 17.2. The third-order valence-electron chi connectivity index (χ3n) is 4.05. The predicted octanol–water partition coefficient (Wildman–Crippen LogP) is 4.92. The van der Waals surface area contributed by atoms with Gasteiger partial charge in [-0.1, -0.05) is 15.9 Å². The maximum atomic E-state index is 12.7. The number of hydrogen-bond donors (Lipinski definition) is 0. The molecular weight excluding hydrogens is 436 g/mol. The van der Waals surface area contributed by atoms with Gasteiger partial charge in [0.1, 0.15) is 22.6 Å². The minimum atomic E-state index is -0.778. The minimum Gasteiger partial charge on any atom is -0.496 e. The molecule has 2 aromatic rings. The summed E-state index contributed by atoms with van der Waals surface area (Å²) in [6, 6.07) is 8.60. The summed E-state index contributed by atoms with van der Waals surface area (Å²) in [7, 11) is 1.56. The smallest absolute Gasteiger partial charge is 0.329 e. The van der Waals surface area contributed by atoms with Crippen molar-refractivity contribution < 1.29 is 23.8 Å². The first-order valence-electron chi connectivity index (χ1n) is 8.09. The Morgan fingerprint density at radius 2 is 1.96 bits per heavy atom. The first-order valence-corrected chi connectivity index (χ1v) is 9.32. The van der Waals surface area contributed by atoms with E-state index in [1.54, 1.807) is 38.3 Å². The molecule has 2 aromatic carbocycles. The van der Waals surface area contributed by atoms with E-state index in [1.807, 2.05) is 12.1 Å². The molecule has 0 radical (unpaired) electrons. The van der Waals surface area contributed by atoms with Crippen molar-refractivity contribution in [3.05, 3.63) is 57.3 Å². The van der Waals surface area contributed by atoms with Gasteiger partial charge in [0, 0.05) is 15.6 Å². The number of fused-ring (bicyclic) bond motifs is 1. The summed E-state index contributed by atoms with van der Waals surface area (Å²) in [5, 5.41) is -0.778. The van der Waals surface area contributed by atoms with Crippen molar-refractivity contribution in [1.82, 2.24) is 0 Å². The minimum absolute atomic E-state index is 0.165. The van der Waals surface area contributed by atoms with Gasteiger partial charge < -0.3 is 14.2 Å². The maximum Gasteiger partial charge on any atom is 0.329 e. The summed E-state index contributed by atoms with van der Waals surface area (Å²) < 4.78 is 17.2. The monoisotopic (exact) mass is 450 g/mol. The molecule has 0 saturated carbocycles. The number of benzene rings is 2. The number of esters is 1. The Bertz CT molecular complexity index is 965. The van der Waals surface area contributed by atoms with E-state index in [2.05, 4.69) is 15.9 Å². The lowest BCUT2D eigenvalue weighted by Gasteiger charge is -2.10. The average molecular weight is 452 g/mol. The van der Waals surface area contributed by atoms with Crippen molar-refractivity contribution in [3.8, 4) is 17.2 Å². The van der Waals surface area contributed by atoms with Crippen molar-refractivity contribution in [2.45, 2.75) is 19.2 Å². The number of carbonyl (C=O) groups is 2. The molecule has 0 N–H and O–H groups in total. The number of ether oxygens (including phenoxy) is 3. The number of hydrogen-bond acceptors (Lipinski definition) is 5.